The third-order valence-corrected chi connectivity index (χ3v) is 5.47. The van der Waals surface area contributed by atoms with Crippen LogP contribution in [0.1, 0.15) is 32.1 Å². The average molecular weight is 281 g/mol. The molecule has 0 aliphatic heterocycles. The van der Waals surface area contributed by atoms with Crippen LogP contribution >= 0.6 is 15.9 Å². The van der Waals surface area contributed by atoms with E-state index in [1.807, 2.05) is 0 Å². The van der Waals surface area contributed by atoms with Crippen molar-refractivity contribution in [3.63, 3.8) is 0 Å². The summed E-state index contributed by atoms with van der Waals surface area (Å²) < 4.78 is 27.0. The molecule has 4 bridgehead atoms. The quantitative estimate of drug-likeness (QED) is 0.732. The maximum atomic E-state index is 13.5. The van der Waals surface area contributed by atoms with E-state index in [-0.39, 0.29) is 11.8 Å². The molecule has 4 rings (SSSR count). The van der Waals surface area contributed by atoms with Gasteiger partial charge in [-0.1, -0.05) is 0 Å². The minimum atomic E-state index is -3.12. The molecule has 0 radical (unpaired) electrons. The van der Waals surface area contributed by atoms with E-state index in [1.165, 1.54) is 6.42 Å². The molecule has 1 N–H and O–H groups in total. The molecule has 0 saturated heterocycles. The van der Waals surface area contributed by atoms with Gasteiger partial charge in [-0.3, -0.25) is 0 Å². The van der Waals surface area contributed by atoms with Crippen molar-refractivity contribution >= 4 is 15.9 Å². The molecule has 0 aromatic carbocycles. The topological polar surface area (TPSA) is 20.2 Å². The zero-order valence-corrected chi connectivity index (χ0v) is 10.0. The number of hydrogen-bond donors (Lipinski definition) is 1. The van der Waals surface area contributed by atoms with Crippen molar-refractivity contribution in [2.75, 3.05) is 0 Å². The van der Waals surface area contributed by atoms with E-state index in [0.717, 1.165) is 25.7 Å². The standard InChI is InChI=1S/C11H15BrF2O/c12-11(13,14)10(15)8-2-6-1-7(4-8)5-9(10)3-6/h6-9,15H,1-5H2. The Morgan fingerprint density at radius 2 is 1.40 bits per heavy atom. The molecule has 0 aromatic heterocycles. The Bertz CT molecular complexity index is 259. The lowest BCUT2D eigenvalue weighted by molar-refractivity contribution is -0.243. The van der Waals surface area contributed by atoms with Crippen molar-refractivity contribution in [1.82, 2.24) is 0 Å². The van der Waals surface area contributed by atoms with Gasteiger partial charge < -0.3 is 5.11 Å². The van der Waals surface area contributed by atoms with Gasteiger partial charge in [0.15, 0.2) is 0 Å². The normalized spacial score (nSPS) is 53.6. The van der Waals surface area contributed by atoms with Gasteiger partial charge in [-0.15, -0.1) is 0 Å². The monoisotopic (exact) mass is 280 g/mol. The van der Waals surface area contributed by atoms with Crippen LogP contribution in [0.25, 0.3) is 0 Å². The molecule has 0 atom stereocenters. The van der Waals surface area contributed by atoms with Gasteiger partial charge >= 0.3 is 4.83 Å². The highest BCUT2D eigenvalue weighted by atomic mass is 79.9. The molecule has 4 aliphatic carbocycles. The maximum Gasteiger partial charge on any atom is 0.329 e. The number of alkyl halides is 3. The lowest BCUT2D eigenvalue weighted by Crippen LogP contribution is -2.64. The second kappa shape index (κ2) is 2.95. The zero-order chi connectivity index (χ0) is 10.8. The predicted octanol–water partition coefficient (Wildman–Crippen LogP) is 3.16. The molecule has 0 unspecified atom stereocenters. The van der Waals surface area contributed by atoms with E-state index in [1.54, 1.807) is 0 Å². The van der Waals surface area contributed by atoms with Crippen LogP contribution in [-0.4, -0.2) is 15.5 Å². The predicted molar refractivity (Wildman–Crippen MR) is 55.9 cm³/mol. The van der Waals surface area contributed by atoms with E-state index in [9.17, 15) is 13.9 Å². The van der Waals surface area contributed by atoms with E-state index >= 15 is 0 Å². The number of hydrogen-bond acceptors (Lipinski definition) is 1. The van der Waals surface area contributed by atoms with Gasteiger partial charge in [0.1, 0.15) is 5.60 Å². The van der Waals surface area contributed by atoms with Gasteiger partial charge in [0.05, 0.1) is 0 Å². The maximum absolute atomic E-state index is 13.5. The van der Waals surface area contributed by atoms with Gasteiger partial charge in [0, 0.05) is 0 Å². The summed E-state index contributed by atoms with van der Waals surface area (Å²) in [7, 11) is 0. The minimum Gasteiger partial charge on any atom is -0.382 e. The van der Waals surface area contributed by atoms with Crippen molar-refractivity contribution in [1.29, 1.82) is 0 Å². The lowest BCUT2D eigenvalue weighted by atomic mass is 9.50. The molecule has 86 valence electrons. The van der Waals surface area contributed by atoms with Crippen LogP contribution in [0.4, 0.5) is 8.78 Å². The molecule has 4 aliphatic rings. The molecule has 0 spiro atoms. The summed E-state index contributed by atoms with van der Waals surface area (Å²) in [5, 5.41) is 10.3. The summed E-state index contributed by atoms with van der Waals surface area (Å²) in [6.07, 6.45) is 4.39. The summed E-state index contributed by atoms with van der Waals surface area (Å²) in [5.41, 5.74) is -1.78. The third-order valence-electron chi connectivity index (χ3n) is 4.84. The van der Waals surface area contributed by atoms with Crippen LogP contribution in [-0.2, 0) is 0 Å². The molecule has 4 fully saturated rings. The SMILES string of the molecule is OC1(C(F)(F)Br)C2CC3CC(C2)CC1C3. The van der Waals surface area contributed by atoms with Crippen LogP contribution < -0.4 is 0 Å². The fraction of sp³-hybridized carbons (Fsp3) is 1.00. The molecule has 0 heterocycles. The summed E-state index contributed by atoms with van der Waals surface area (Å²) in [4.78, 5) is -3.12. The summed E-state index contributed by atoms with van der Waals surface area (Å²) in [5.74, 6) is 0.816. The van der Waals surface area contributed by atoms with E-state index in [2.05, 4.69) is 15.9 Å². The Morgan fingerprint density at radius 1 is 1.00 bits per heavy atom. The number of aliphatic hydroxyl groups is 1. The number of halogens is 3. The van der Waals surface area contributed by atoms with Crippen molar-refractivity contribution in [3.05, 3.63) is 0 Å². The van der Waals surface area contributed by atoms with Crippen LogP contribution in [0, 0.1) is 23.7 Å². The smallest absolute Gasteiger partial charge is 0.329 e. The Labute approximate surface area is 96.4 Å². The van der Waals surface area contributed by atoms with Crippen LogP contribution in [0.15, 0.2) is 0 Å². The Hall–Kier alpha value is 0.300. The largest absolute Gasteiger partial charge is 0.382 e. The van der Waals surface area contributed by atoms with Crippen molar-refractivity contribution in [3.8, 4) is 0 Å². The first kappa shape index (κ1) is 10.5. The first-order valence-electron chi connectivity index (χ1n) is 5.70. The summed E-state index contributed by atoms with van der Waals surface area (Å²) in [6.45, 7) is 0. The van der Waals surface area contributed by atoms with Gasteiger partial charge in [0.2, 0.25) is 0 Å². The van der Waals surface area contributed by atoms with Gasteiger partial charge in [-0.05, 0) is 71.7 Å². The first-order chi connectivity index (χ1) is 6.91. The molecule has 1 nitrogen and oxygen atoms in total. The Kier molecular flexibility index (Phi) is 2.05. The van der Waals surface area contributed by atoms with Gasteiger partial charge in [0.25, 0.3) is 0 Å². The van der Waals surface area contributed by atoms with Crippen molar-refractivity contribution < 1.29 is 13.9 Å². The number of rotatable bonds is 1. The zero-order valence-electron chi connectivity index (χ0n) is 8.43. The van der Waals surface area contributed by atoms with E-state index < -0.39 is 10.4 Å². The Morgan fingerprint density at radius 3 is 1.73 bits per heavy atom. The fourth-order valence-corrected chi connectivity index (χ4v) is 5.01. The van der Waals surface area contributed by atoms with Crippen LogP contribution in [0.5, 0.6) is 0 Å². The fourth-order valence-electron chi connectivity index (χ4n) is 4.37. The highest BCUT2D eigenvalue weighted by molar-refractivity contribution is 9.10. The molecule has 4 saturated carbocycles. The molecule has 0 amide bonds. The first-order valence-corrected chi connectivity index (χ1v) is 6.49. The minimum absolute atomic E-state index is 0.192. The highest BCUT2D eigenvalue weighted by Crippen LogP contribution is 2.63. The molecule has 0 aromatic rings. The second-order valence-electron chi connectivity index (χ2n) is 5.63. The average Bonchev–Trinajstić information content (AvgIpc) is 2.10. The van der Waals surface area contributed by atoms with E-state index in [4.69, 9.17) is 0 Å². The third kappa shape index (κ3) is 1.27. The molecule has 15 heavy (non-hydrogen) atoms. The summed E-state index contributed by atoms with van der Waals surface area (Å²) >= 11 is 2.40. The molecular formula is C11H15BrF2O. The highest BCUT2D eigenvalue weighted by Gasteiger charge is 2.66. The van der Waals surface area contributed by atoms with Crippen LogP contribution in [0.2, 0.25) is 0 Å². The van der Waals surface area contributed by atoms with Gasteiger partial charge in [-0.2, -0.15) is 8.78 Å². The van der Waals surface area contributed by atoms with Gasteiger partial charge in [-0.25, -0.2) is 0 Å². The van der Waals surface area contributed by atoms with Crippen molar-refractivity contribution in [2.45, 2.75) is 42.5 Å². The molecular weight excluding hydrogens is 266 g/mol. The van der Waals surface area contributed by atoms with Crippen molar-refractivity contribution in [2.24, 2.45) is 23.7 Å². The molecule has 4 heteroatoms. The van der Waals surface area contributed by atoms with E-state index in [0.29, 0.717) is 11.8 Å². The van der Waals surface area contributed by atoms with Crippen LogP contribution in [0.3, 0.4) is 0 Å². The second-order valence-corrected chi connectivity index (χ2v) is 6.62. The summed E-state index contributed by atoms with van der Waals surface area (Å²) in [6, 6.07) is 0. The lowest BCUT2D eigenvalue weighted by Gasteiger charge is -2.59. The Balaban J connectivity index is 1.98.